The first-order valence-electron chi connectivity index (χ1n) is 7.91. The number of benzene rings is 2. The van der Waals surface area contributed by atoms with Crippen LogP contribution in [0.5, 0.6) is 34.5 Å². The van der Waals surface area contributed by atoms with Crippen molar-refractivity contribution in [3.8, 4) is 34.5 Å². The summed E-state index contributed by atoms with van der Waals surface area (Å²) in [5.41, 5.74) is 1.88. The van der Waals surface area contributed by atoms with Crippen molar-refractivity contribution < 1.29 is 28.8 Å². The van der Waals surface area contributed by atoms with Gasteiger partial charge in [0.25, 0.3) is 0 Å². The van der Waals surface area contributed by atoms with Gasteiger partial charge in [-0.15, -0.1) is 0 Å². The van der Waals surface area contributed by atoms with Crippen molar-refractivity contribution >= 4 is 0 Å². The van der Waals surface area contributed by atoms with Gasteiger partial charge in [0.1, 0.15) is 11.9 Å². The van der Waals surface area contributed by atoms with Gasteiger partial charge in [-0.05, 0) is 18.2 Å². The van der Waals surface area contributed by atoms with E-state index in [1.54, 1.807) is 27.4 Å². The highest BCUT2D eigenvalue weighted by atomic mass is 16.5. The van der Waals surface area contributed by atoms with Gasteiger partial charge in [0.2, 0.25) is 5.75 Å². The maximum absolute atomic E-state index is 9.99. The molecule has 0 bridgehead atoms. The summed E-state index contributed by atoms with van der Waals surface area (Å²) in [4.78, 5) is 0. The van der Waals surface area contributed by atoms with E-state index in [1.165, 1.54) is 7.11 Å². The van der Waals surface area contributed by atoms with E-state index in [-0.39, 0.29) is 17.8 Å². The van der Waals surface area contributed by atoms with Gasteiger partial charge in [-0.3, -0.25) is 0 Å². The van der Waals surface area contributed by atoms with E-state index < -0.39 is 0 Å². The van der Waals surface area contributed by atoms with Crippen LogP contribution in [0.1, 0.15) is 30.1 Å². The molecule has 2 aromatic carbocycles. The normalized spacial score (nSPS) is 18.3. The lowest BCUT2D eigenvalue weighted by Crippen LogP contribution is -2.08. The predicted molar refractivity (Wildman–Crippen MR) is 92.5 cm³/mol. The van der Waals surface area contributed by atoms with Gasteiger partial charge in [-0.2, -0.15) is 0 Å². The second kappa shape index (κ2) is 6.63. The Bertz CT molecular complexity index is 761. The molecule has 1 N–H and O–H groups in total. The molecule has 6 nitrogen and oxygen atoms in total. The van der Waals surface area contributed by atoms with Crippen molar-refractivity contribution in [1.29, 1.82) is 0 Å². The monoisotopic (exact) mass is 346 g/mol. The maximum Gasteiger partial charge on any atom is 0.203 e. The quantitative estimate of drug-likeness (QED) is 0.891. The summed E-state index contributed by atoms with van der Waals surface area (Å²) in [7, 11) is 6.26. The van der Waals surface area contributed by atoms with Crippen LogP contribution >= 0.6 is 0 Å². The van der Waals surface area contributed by atoms with Crippen LogP contribution in [0.25, 0.3) is 0 Å². The lowest BCUT2D eigenvalue weighted by molar-refractivity contribution is 0.213. The standard InChI is InChI=1S/C19H22O6/c1-10-12-8-15(21-2)13(20)9-14(12)25-18(10)11-6-16(22-3)19(24-5)17(7-11)23-4/h6-10,18,20H,1-5H3/t10-,18-/m0/s1. The lowest BCUT2D eigenvalue weighted by Gasteiger charge is -2.19. The molecule has 0 unspecified atom stereocenters. The van der Waals surface area contributed by atoms with Crippen LogP contribution in [-0.4, -0.2) is 33.5 Å². The fourth-order valence-corrected chi connectivity index (χ4v) is 3.21. The minimum absolute atomic E-state index is 0.0546. The van der Waals surface area contributed by atoms with Crippen molar-refractivity contribution in [2.75, 3.05) is 28.4 Å². The molecule has 1 heterocycles. The Labute approximate surface area is 146 Å². The first-order chi connectivity index (χ1) is 12.0. The Morgan fingerprint density at radius 1 is 0.840 bits per heavy atom. The number of aromatic hydroxyl groups is 1. The summed E-state index contributed by atoms with van der Waals surface area (Å²) in [6.45, 7) is 2.07. The van der Waals surface area contributed by atoms with Crippen molar-refractivity contribution in [1.82, 2.24) is 0 Å². The third kappa shape index (κ3) is 2.77. The van der Waals surface area contributed by atoms with Gasteiger partial charge in [0.05, 0.1) is 28.4 Å². The minimum atomic E-state index is -0.241. The smallest absolute Gasteiger partial charge is 0.203 e. The topological polar surface area (TPSA) is 66.4 Å². The van der Waals surface area contributed by atoms with Crippen molar-refractivity contribution in [2.24, 2.45) is 0 Å². The summed E-state index contributed by atoms with van der Waals surface area (Å²) < 4.78 is 27.5. The minimum Gasteiger partial charge on any atom is -0.504 e. The van der Waals surface area contributed by atoms with Gasteiger partial charge >= 0.3 is 0 Å². The molecule has 0 aliphatic carbocycles. The molecule has 0 saturated heterocycles. The summed E-state index contributed by atoms with van der Waals surface area (Å²) in [6.07, 6.45) is -0.241. The first kappa shape index (κ1) is 17.1. The number of phenolic OH excluding ortho intramolecular Hbond substituents is 1. The van der Waals surface area contributed by atoms with Crippen LogP contribution in [0.3, 0.4) is 0 Å². The molecular formula is C19H22O6. The molecule has 0 fully saturated rings. The van der Waals surface area contributed by atoms with E-state index in [2.05, 4.69) is 6.92 Å². The molecule has 2 aromatic rings. The van der Waals surface area contributed by atoms with E-state index in [1.807, 2.05) is 18.2 Å². The summed E-state index contributed by atoms with van der Waals surface area (Å²) in [5, 5.41) is 9.99. The molecule has 134 valence electrons. The molecule has 6 heteroatoms. The van der Waals surface area contributed by atoms with E-state index in [9.17, 15) is 5.11 Å². The number of ether oxygens (including phenoxy) is 5. The van der Waals surface area contributed by atoms with Gasteiger partial charge in [-0.1, -0.05) is 6.92 Å². The Balaban J connectivity index is 2.03. The second-order valence-electron chi connectivity index (χ2n) is 5.85. The molecule has 0 amide bonds. The van der Waals surface area contributed by atoms with Gasteiger partial charge in [0.15, 0.2) is 23.0 Å². The number of rotatable bonds is 5. The highest BCUT2D eigenvalue weighted by molar-refractivity contribution is 5.57. The van der Waals surface area contributed by atoms with Crippen molar-refractivity contribution in [3.05, 3.63) is 35.4 Å². The second-order valence-corrected chi connectivity index (χ2v) is 5.85. The average molecular weight is 346 g/mol. The highest BCUT2D eigenvalue weighted by Crippen LogP contribution is 2.51. The molecule has 1 aliphatic rings. The molecule has 0 spiro atoms. The van der Waals surface area contributed by atoms with E-state index in [0.29, 0.717) is 28.7 Å². The van der Waals surface area contributed by atoms with Crippen LogP contribution < -0.4 is 23.7 Å². The zero-order valence-electron chi connectivity index (χ0n) is 15.0. The zero-order chi connectivity index (χ0) is 18.1. The van der Waals surface area contributed by atoms with Crippen molar-refractivity contribution in [3.63, 3.8) is 0 Å². The Kier molecular flexibility index (Phi) is 4.53. The van der Waals surface area contributed by atoms with Crippen LogP contribution in [0.4, 0.5) is 0 Å². The Morgan fingerprint density at radius 2 is 1.44 bits per heavy atom. The molecule has 0 saturated carbocycles. The zero-order valence-corrected chi connectivity index (χ0v) is 15.0. The van der Waals surface area contributed by atoms with E-state index >= 15 is 0 Å². The van der Waals surface area contributed by atoms with Crippen LogP contribution in [0.2, 0.25) is 0 Å². The molecule has 3 rings (SSSR count). The number of fused-ring (bicyclic) bond motifs is 1. The van der Waals surface area contributed by atoms with Crippen molar-refractivity contribution in [2.45, 2.75) is 18.9 Å². The predicted octanol–water partition coefficient (Wildman–Crippen LogP) is 3.66. The molecule has 0 radical (unpaired) electrons. The van der Waals surface area contributed by atoms with E-state index in [0.717, 1.165) is 11.1 Å². The number of methoxy groups -OCH3 is 4. The molecule has 2 atom stereocenters. The van der Waals surface area contributed by atoms with Crippen LogP contribution in [-0.2, 0) is 0 Å². The third-order valence-electron chi connectivity index (χ3n) is 4.53. The molecule has 25 heavy (non-hydrogen) atoms. The number of phenols is 1. The van der Waals surface area contributed by atoms with Crippen LogP contribution in [0.15, 0.2) is 24.3 Å². The lowest BCUT2D eigenvalue weighted by atomic mass is 9.92. The van der Waals surface area contributed by atoms with E-state index in [4.69, 9.17) is 23.7 Å². The SMILES string of the molecule is COc1cc2c(cc1O)O[C@H](c1cc(OC)c(OC)c(OC)c1)[C@H]2C. The van der Waals surface area contributed by atoms with Crippen LogP contribution in [0, 0.1) is 0 Å². The number of hydrogen-bond acceptors (Lipinski definition) is 6. The number of hydrogen-bond donors (Lipinski definition) is 1. The Morgan fingerprint density at radius 3 is 1.96 bits per heavy atom. The van der Waals surface area contributed by atoms with Gasteiger partial charge in [0, 0.05) is 23.1 Å². The third-order valence-corrected chi connectivity index (χ3v) is 4.53. The molecule has 0 aromatic heterocycles. The highest BCUT2D eigenvalue weighted by Gasteiger charge is 2.34. The molecule has 1 aliphatic heterocycles. The largest absolute Gasteiger partial charge is 0.504 e. The van der Waals surface area contributed by atoms with Gasteiger partial charge in [-0.25, -0.2) is 0 Å². The first-order valence-corrected chi connectivity index (χ1v) is 7.91. The summed E-state index contributed by atoms with van der Waals surface area (Å²) in [5.74, 6) is 2.87. The molecular weight excluding hydrogens is 324 g/mol. The fraction of sp³-hybridized carbons (Fsp3) is 0.368. The Hall–Kier alpha value is -2.76. The average Bonchev–Trinajstić information content (AvgIpc) is 2.95. The van der Waals surface area contributed by atoms with Gasteiger partial charge < -0.3 is 28.8 Å². The summed E-state index contributed by atoms with van der Waals surface area (Å²) in [6, 6.07) is 7.16. The fourth-order valence-electron chi connectivity index (χ4n) is 3.21. The summed E-state index contributed by atoms with van der Waals surface area (Å²) >= 11 is 0. The maximum atomic E-state index is 9.99.